The first-order valence-corrected chi connectivity index (χ1v) is 5.69. The van der Waals surface area contributed by atoms with Crippen molar-refractivity contribution >= 4 is 21.7 Å². The number of aryl methyl sites for hydroxylation is 1. The molecule has 0 spiro atoms. The van der Waals surface area contributed by atoms with Gasteiger partial charge in [0, 0.05) is 17.3 Å². The Morgan fingerprint density at radius 3 is 2.50 bits per heavy atom. The highest BCUT2D eigenvalue weighted by Crippen LogP contribution is 2.16. The van der Waals surface area contributed by atoms with Crippen LogP contribution in [0.2, 0.25) is 0 Å². The highest BCUT2D eigenvalue weighted by molar-refractivity contribution is 9.10. The lowest BCUT2D eigenvalue weighted by Crippen LogP contribution is -2.02. The molecule has 0 fully saturated rings. The number of nitrogens with zero attached hydrogens (tertiary/aromatic N) is 1. The van der Waals surface area contributed by atoms with Gasteiger partial charge in [-0.15, -0.1) is 0 Å². The fraction of sp³-hybridized carbons (Fsp3) is 0.0769. The van der Waals surface area contributed by atoms with Crippen molar-refractivity contribution in [3.05, 3.63) is 63.9 Å². The zero-order valence-electron chi connectivity index (χ0n) is 8.77. The number of carbonyl (C=O) groups excluding carboxylic acids is 1. The van der Waals surface area contributed by atoms with Crippen LogP contribution in [0, 0.1) is 6.92 Å². The third kappa shape index (κ3) is 2.19. The van der Waals surface area contributed by atoms with E-state index in [-0.39, 0.29) is 5.78 Å². The van der Waals surface area contributed by atoms with Gasteiger partial charge in [-0.25, -0.2) is 4.98 Å². The monoisotopic (exact) mass is 275 g/mol. The van der Waals surface area contributed by atoms with Crippen molar-refractivity contribution in [1.29, 1.82) is 0 Å². The van der Waals surface area contributed by atoms with Gasteiger partial charge in [0.15, 0.2) is 5.78 Å². The Morgan fingerprint density at radius 2 is 1.88 bits per heavy atom. The molecule has 0 bridgehead atoms. The summed E-state index contributed by atoms with van der Waals surface area (Å²) in [5.74, 6) is 0.00343. The van der Waals surface area contributed by atoms with E-state index in [1.165, 1.54) is 0 Å². The Morgan fingerprint density at radius 1 is 1.19 bits per heavy atom. The van der Waals surface area contributed by atoms with E-state index in [4.69, 9.17) is 0 Å². The van der Waals surface area contributed by atoms with Crippen LogP contribution in [0.15, 0.2) is 47.2 Å². The van der Waals surface area contributed by atoms with Gasteiger partial charge in [0.25, 0.3) is 0 Å². The largest absolute Gasteiger partial charge is 0.289 e. The van der Waals surface area contributed by atoms with Crippen LogP contribution in [0.4, 0.5) is 0 Å². The van der Waals surface area contributed by atoms with Gasteiger partial charge in [0.1, 0.15) is 4.60 Å². The third-order valence-electron chi connectivity index (χ3n) is 2.31. The van der Waals surface area contributed by atoms with Crippen LogP contribution >= 0.6 is 15.9 Å². The summed E-state index contributed by atoms with van der Waals surface area (Å²) in [7, 11) is 0. The second kappa shape index (κ2) is 4.58. The summed E-state index contributed by atoms with van der Waals surface area (Å²) in [5.41, 5.74) is 2.26. The molecular weight excluding hydrogens is 266 g/mol. The van der Waals surface area contributed by atoms with Gasteiger partial charge in [0.2, 0.25) is 0 Å². The first-order chi connectivity index (χ1) is 7.68. The van der Waals surface area contributed by atoms with Gasteiger partial charge in [-0.1, -0.05) is 30.3 Å². The number of benzene rings is 1. The predicted octanol–water partition coefficient (Wildman–Crippen LogP) is 3.38. The topological polar surface area (TPSA) is 30.0 Å². The van der Waals surface area contributed by atoms with Crippen molar-refractivity contribution in [3.63, 3.8) is 0 Å². The minimum atomic E-state index is 0.00343. The molecule has 80 valence electrons. The maximum Gasteiger partial charge on any atom is 0.194 e. The van der Waals surface area contributed by atoms with Crippen molar-refractivity contribution in [2.24, 2.45) is 0 Å². The summed E-state index contributed by atoms with van der Waals surface area (Å²) in [4.78, 5) is 16.2. The maximum absolute atomic E-state index is 12.1. The summed E-state index contributed by atoms with van der Waals surface area (Å²) in [6.45, 7) is 1.92. The molecule has 2 aromatic rings. The fourth-order valence-electron chi connectivity index (χ4n) is 1.44. The van der Waals surface area contributed by atoms with Crippen LogP contribution < -0.4 is 0 Å². The molecule has 0 aliphatic rings. The van der Waals surface area contributed by atoms with Crippen LogP contribution in [0.5, 0.6) is 0 Å². The number of aromatic nitrogens is 1. The number of pyridine rings is 1. The quantitative estimate of drug-likeness (QED) is 0.621. The van der Waals surface area contributed by atoms with E-state index < -0.39 is 0 Å². The Balaban J connectivity index is 2.39. The van der Waals surface area contributed by atoms with Crippen molar-refractivity contribution in [2.45, 2.75) is 6.92 Å². The molecule has 1 aromatic carbocycles. The van der Waals surface area contributed by atoms with E-state index in [9.17, 15) is 4.79 Å². The Bertz CT molecular complexity index is 523. The molecule has 0 radical (unpaired) electrons. The van der Waals surface area contributed by atoms with Gasteiger partial charge in [-0.2, -0.15) is 0 Å². The van der Waals surface area contributed by atoms with Crippen LogP contribution in [-0.2, 0) is 0 Å². The van der Waals surface area contributed by atoms with Crippen LogP contribution in [0.25, 0.3) is 0 Å². The van der Waals surface area contributed by atoms with E-state index in [1.54, 1.807) is 18.3 Å². The van der Waals surface area contributed by atoms with E-state index in [2.05, 4.69) is 20.9 Å². The first-order valence-electron chi connectivity index (χ1n) is 4.90. The average molecular weight is 276 g/mol. The van der Waals surface area contributed by atoms with E-state index >= 15 is 0 Å². The molecule has 1 heterocycles. The molecular formula is C13H10BrNO. The van der Waals surface area contributed by atoms with Gasteiger partial charge >= 0.3 is 0 Å². The Kier molecular flexibility index (Phi) is 3.15. The zero-order valence-corrected chi connectivity index (χ0v) is 10.4. The summed E-state index contributed by atoms with van der Waals surface area (Å²) in [5, 5.41) is 0. The highest BCUT2D eigenvalue weighted by atomic mass is 79.9. The number of rotatable bonds is 2. The molecule has 0 saturated heterocycles. The minimum Gasteiger partial charge on any atom is -0.289 e. The Labute approximate surface area is 102 Å². The van der Waals surface area contributed by atoms with Crippen molar-refractivity contribution in [1.82, 2.24) is 4.98 Å². The second-order valence-electron chi connectivity index (χ2n) is 3.53. The first kappa shape index (κ1) is 11.0. The van der Waals surface area contributed by atoms with Crippen molar-refractivity contribution < 1.29 is 4.79 Å². The lowest BCUT2D eigenvalue weighted by Gasteiger charge is -2.02. The third-order valence-corrected chi connectivity index (χ3v) is 3.14. The standard InChI is InChI=1S/C13H10BrNO/c1-9-7-11(8-15-13(9)14)12(16)10-5-3-2-4-6-10/h2-8H,1H3. The van der Waals surface area contributed by atoms with E-state index in [0.717, 1.165) is 10.2 Å². The average Bonchev–Trinajstić information content (AvgIpc) is 2.33. The number of ketones is 1. The predicted molar refractivity (Wildman–Crippen MR) is 66.5 cm³/mol. The van der Waals surface area contributed by atoms with Crippen LogP contribution in [0.3, 0.4) is 0 Å². The van der Waals surface area contributed by atoms with E-state index in [0.29, 0.717) is 11.1 Å². The minimum absolute atomic E-state index is 0.00343. The molecule has 0 aliphatic carbocycles. The summed E-state index contributed by atoms with van der Waals surface area (Å²) < 4.78 is 0.775. The normalized spacial score (nSPS) is 10.1. The molecule has 2 rings (SSSR count). The molecule has 0 unspecified atom stereocenters. The molecule has 3 heteroatoms. The molecule has 0 aliphatic heterocycles. The molecule has 16 heavy (non-hydrogen) atoms. The summed E-state index contributed by atoms with van der Waals surface area (Å²) in [6.07, 6.45) is 1.59. The molecule has 0 N–H and O–H groups in total. The number of hydrogen-bond donors (Lipinski definition) is 0. The van der Waals surface area contributed by atoms with Crippen molar-refractivity contribution in [3.8, 4) is 0 Å². The zero-order chi connectivity index (χ0) is 11.5. The number of carbonyl (C=O) groups is 1. The molecule has 1 aromatic heterocycles. The maximum atomic E-state index is 12.1. The summed E-state index contributed by atoms with van der Waals surface area (Å²) >= 11 is 3.31. The molecule has 0 amide bonds. The van der Waals surface area contributed by atoms with Gasteiger partial charge in [-0.05, 0) is 34.5 Å². The molecule has 2 nitrogen and oxygen atoms in total. The summed E-state index contributed by atoms with van der Waals surface area (Å²) in [6, 6.07) is 11.0. The van der Waals surface area contributed by atoms with Crippen LogP contribution in [-0.4, -0.2) is 10.8 Å². The smallest absolute Gasteiger partial charge is 0.194 e. The molecule has 0 atom stereocenters. The van der Waals surface area contributed by atoms with Gasteiger partial charge in [0.05, 0.1) is 0 Å². The lowest BCUT2D eigenvalue weighted by atomic mass is 10.0. The number of hydrogen-bond acceptors (Lipinski definition) is 2. The SMILES string of the molecule is Cc1cc(C(=O)c2ccccc2)cnc1Br. The number of halogens is 1. The van der Waals surface area contributed by atoms with Crippen molar-refractivity contribution in [2.75, 3.05) is 0 Å². The van der Waals surface area contributed by atoms with E-state index in [1.807, 2.05) is 31.2 Å². The Hall–Kier alpha value is -1.48. The van der Waals surface area contributed by atoms with Gasteiger partial charge < -0.3 is 0 Å². The molecule has 0 saturated carbocycles. The fourth-order valence-corrected chi connectivity index (χ4v) is 1.66. The lowest BCUT2D eigenvalue weighted by molar-refractivity contribution is 0.103. The second-order valence-corrected chi connectivity index (χ2v) is 4.28. The van der Waals surface area contributed by atoms with Crippen LogP contribution in [0.1, 0.15) is 21.5 Å². The van der Waals surface area contributed by atoms with Gasteiger partial charge in [-0.3, -0.25) is 4.79 Å². The highest BCUT2D eigenvalue weighted by Gasteiger charge is 2.09.